The second-order valence-corrected chi connectivity index (χ2v) is 9.58. The summed E-state index contributed by atoms with van der Waals surface area (Å²) in [5.41, 5.74) is 9.04. The Morgan fingerprint density at radius 2 is 1.81 bits per heavy atom. The third-order valence-corrected chi connectivity index (χ3v) is 6.76. The molecule has 0 aliphatic carbocycles. The lowest BCUT2D eigenvalue weighted by Gasteiger charge is -2.44. The quantitative estimate of drug-likeness (QED) is 0.638. The van der Waals surface area contributed by atoms with E-state index in [1.807, 2.05) is 35.2 Å². The number of piperazine rings is 1. The van der Waals surface area contributed by atoms with E-state index >= 15 is 0 Å². The number of nitrogens with zero attached hydrogens (tertiary/aromatic N) is 2. The van der Waals surface area contributed by atoms with Crippen molar-refractivity contribution in [3.05, 3.63) is 59.4 Å². The second kappa shape index (κ2) is 9.90. The molecule has 32 heavy (non-hydrogen) atoms. The number of ether oxygens (including phenoxy) is 1. The Bertz CT molecular complexity index is 929. The lowest BCUT2D eigenvalue weighted by Crippen LogP contribution is -2.58. The minimum atomic E-state index is -0.227. The molecule has 2 N–H and O–H groups in total. The van der Waals surface area contributed by atoms with Crippen LogP contribution in [0.4, 0.5) is 10.1 Å². The van der Waals surface area contributed by atoms with Crippen LogP contribution in [0, 0.1) is 5.82 Å². The van der Waals surface area contributed by atoms with Crippen LogP contribution in [0.25, 0.3) is 0 Å². The van der Waals surface area contributed by atoms with E-state index in [0.717, 1.165) is 30.6 Å². The van der Waals surface area contributed by atoms with Crippen molar-refractivity contribution in [3.63, 3.8) is 0 Å². The fraction of sp³-hybridized carbons (Fsp3) is 0.500. The molecule has 3 rings (SSSR count). The predicted octanol–water partition coefficient (Wildman–Crippen LogP) is 4.60. The van der Waals surface area contributed by atoms with E-state index in [-0.39, 0.29) is 35.8 Å². The minimum absolute atomic E-state index is 0.0320. The molecule has 1 saturated heterocycles. The molecular weight excluding hydrogens is 405 g/mol. The van der Waals surface area contributed by atoms with Crippen molar-refractivity contribution in [3.8, 4) is 5.75 Å². The van der Waals surface area contributed by atoms with Crippen LogP contribution < -0.4 is 10.5 Å². The molecule has 0 aromatic heterocycles. The van der Waals surface area contributed by atoms with E-state index in [2.05, 4.69) is 39.5 Å². The van der Waals surface area contributed by atoms with Gasteiger partial charge in [0.05, 0.1) is 5.69 Å². The molecule has 0 spiro atoms. The molecule has 6 heteroatoms. The average molecular weight is 442 g/mol. The van der Waals surface area contributed by atoms with Gasteiger partial charge in [0.1, 0.15) is 11.6 Å². The maximum absolute atomic E-state index is 13.2. The normalized spacial score (nSPS) is 19.8. The van der Waals surface area contributed by atoms with Crippen LogP contribution in [0.1, 0.15) is 52.2 Å². The van der Waals surface area contributed by atoms with Gasteiger partial charge in [0, 0.05) is 31.7 Å². The van der Waals surface area contributed by atoms with Gasteiger partial charge in [-0.2, -0.15) is 0 Å². The van der Waals surface area contributed by atoms with E-state index in [1.165, 1.54) is 12.1 Å². The molecule has 1 aliphatic heterocycles. The average Bonchev–Trinajstić information content (AvgIpc) is 2.76. The summed E-state index contributed by atoms with van der Waals surface area (Å²) < 4.78 is 19.0. The van der Waals surface area contributed by atoms with Crippen molar-refractivity contribution < 1.29 is 13.9 Å². The van der Waals surface area contributed by atoms with Crippen molar-refractivity contribution in [2.75, 3.05) is 25.4 Å². The molecule has 0 unspecified atom stereocenters. The highest BCUT2D eigenvalue weighted by Gasteiger charge is 2.32. The monoisotopic (exact) mass is 441 g/mol. The van der Waals surface area contributed by atoms with Gasteiger partial charge in [-0.05, 0) is 61.1 Å². The molecular formula is C26H36FN3O2. The van der Waals surface area contributed by atoms with E-state index in [9.17, 15) is 9.18 Å². The van der Waals surface area contributed by atoms with E-state index in [4.69, 9.17) is 10.5 Å². The van der Waals surface area contributed by atoms with Gasteiger partial charge in [-0.15, -0.1) is 0 Å². The zero-order chi connectivity index (χ0) is 23.5. The van der Waals surface area contributed by atoms with Gasteiger partial charge in [0.25, 0.3) is 5.91 Å². The molecule has 174 valence electrons. The second-order valence-electron chi connectivity index (χ2n) is 9.58. The van der Waals surface area contributed by atoms with Crippen LogP contribution in [0.3, 0.4) is 0 Å². The van der Waals surface area contributed by atoms with Gasteiger partial charge in [0.2, 0.25) is 0 Å². The Morgan fingerprint density at radius 3 is 2.44 bits per heavy atom. The lowest BCUT2D eigenvalue weighted by atomic mass is 9.82. The lowest BCUT2D eigenvalue weighted by molar-refractivity contribution is -0.139. The first kappa shape index (κ1) is 24.1. The van der Waals surface area contributed by atoms with Crippen molar-refractivity contribution >= 4 is 11.6 Å². The summed E-state index contributed by atoms with van der Waals surface area (Å²) in [7, 11) is 0. The van der Waals surface area contributed by atoms with Gasteiger partial charge in [0.15, 0.2) is 6.61 Å². The Kier molecular flexibility index (Phi) is 7.44. The molecule has 2 aromatic rings. The highest BCUT2D eigenvalue weighted by atomic mass is 19.1. The summed E-state index contributed by atoms with van der Waals surface area (Å²) in [6.45, 7) is 12.8. The number of anilines is 1. The topological polar surface area (TPSA) is 58.8 Å². The van der Waals surface area contributed by atoms with Crippen molar-refractivity contribution in [2.45, 2.75) is 65.1 Å². The van der Waals surface area contributed by atoms with Crippen LogP contribution in [-0.4, -0.2) is 47.5 Å². The maximum atomic E-state index is 13.2. The van der Waals surface area contributed by atoms with Crippen molar-refractivity contribution in [2.24, 2.45) is 0 Å². The molecule has 5 nitrogen and oxygen atoms in total. The molecule has 0 saturated carbocycles. The third kappa shape index (κ3) is 5.60. The molecule has 0 bridgehead atoms. The summed E-state index contributed by atoms with van der Waals surface area (Å²) in [4.78, 5) is 17.1. The van der Waals surface area contributed by atoms with E-state index in [1.54, 1.807) is 0 Å². The highest BCUT2D eigenvalue weighted by Crippen LogP contribution is 2.32. The Labute approximate surface area is 191 Å². The van der Waals surface area contributed by atoms with Gasteiger partial charge in [-0.25, -0.2) is 4.39 Å². The van der Waals surface area contributed by atoms with Crippen molar-refractivity contribution in [1.29, 1.82) is 0 Å². The molecule has 2 atom stereocenters. The van der Waals surface area contributed by atoms with Gasteiger partial charge >= 0.3 is 0 Å². The first-order valence-electron chi connectivity index (χ1n) is 11.4. The van der Waals surface area contributed by atoms with Gasteiger partial charge in [-0.1, -0.05) is 39.0 Å². The van der Waals surface area contributed by atoms with E-state index in [0.29, 0.717) is 18.0 Å². The number of hydrogen-bond donors (Lipinski definition) is 1. The summed E-state index contributed by atoms with van der Waals surface area (Å²) in [5.74, 6) is 0.280. The molecule has 1 fully saturated rings. The van der Waals surface area contributed by atoms with E-state index < -0.39 is 0 Å². The number of carbonyl (C=O) groups excluding carboxylic acids is 1. The molecule has 0 radical (unpaired) electrons. The number of hydrogen-bond acceptors (Lipinski definition) is 4. The summed E-state index contributed by atoms with van der Waals surface area (Å²) in [6, 6.07) is 12.7. The van der Waals surface area contributed by atoms with Gasteiger partial charge in [-0.3, -0.25) is 9.69 Å². The smallest absolute Gasteiger partial charge is 0.260 e. The molecule has 1 aliphatic rings. The van der Waals surface area contributed by atoms with Crippen LogP contribution >= 0.6 is 0 Å². The molecule has 2 aromatic carbocycles. The number of carbonyl (C=O) groups is 1. The first-order chi connectivity index (χ1) is 15.1. The number of nitrogen functional groups attached to an aromatic ring is 1. The number of nitrogens with two attached hydrogens (primary N) is 1. The molecule has 1 amide bonds. The summed E-state index contributed by atoms with van der Waals surface area (Å²) in [6.07, 6.45) is 1.01. The fourth-order valence-corrected chi connectivity index (χ4v) is 4.12. The Morgan fingerprint density at radius 1 is 1.12 bits per heavy atom. The first-order valence-corrected chi connectivity index (χ1v) is 11.4. The standard InChI is InChI=1S/C26H36FN3O2/c1-6-26(4,5)21-9-12-24(23(28)13-21)32-17-25(31)30-15-18(2)29(14-19(30)3)16-20-7-10-22(27)11-8-20/h7-13,18-19H,6,14-17,28H2,1-5H3/t18-,19+/m1/s1. The van der Waals surface area contributed by atoms with Crippen LogP contribution in [0.15, 0.2) is 42.5 Å². The van der Waals surface area contributed by atoms with Crippen LogP contribution in [0.5, 0.6) is 5.75 Å². The Hall–Kier alpha value is -2.60. The minimum Gasteiger partial charge on any atom is -0.482 e. The summed E-state index contributed by atoms with van der Waals surface area (Å²) >= 11 is 0. The largest absolute Gasteiger partial charge is 0.482 e. The fourth-order valence-electron chi connectivity index (χ4n) is 4.12. The number of benzene rings is 2. The number of halogens is 1. The Balaban J connectivity index is 1.57. The highest BCUT2D eigenvalue weighted by molar-refractivity contribution is 5.78. The zero-order valence-corrected chi connectivity index (χ0v) is 19.9. The number of rotatable bonds is 7. The maximum Gasteiger partial charge on any atom is 0.260 e. The predicted molar refractivity (Wildman–Crippen MR) is 127 cm³/mol. The zero-order valence-electron chi connectivity index (χ0n) is 19.9. The van der Waals surface area contributed by atoms with Crippen LogP contribution in [0.2, 0.25) is 0 Å². The van der Waals surface area contributed by atoms with Crippen LogP contribution in [-0.2, 0) is 16.8 Å². The molecule has 1 heterocycles. The summed E-state index contributed by atoms with van der Waals surface area (Å²) in [5, 5.41) is 0. The number of amides is 1. The third-order valence-electron chi connectivity index (χ3n) is 6.76. The SMILES string of the molecule is CCC(C)(C)c1ccc(OCC(=O)N2C[C@@H](C)N(Cc3ccc(F)cc3)C[C@@H]2C)c(N)c1. The van der Waals surface area contributed by atoms with Crippen molar-refractivity contribution in [1.82, 2.24) is 9.80 Å². The van der Waals surface area contributed by atoms with Gasteiger partial charge < -0.3 is 15.4 Å².